The molecule has 3 aromatic heterocycles. The molecule has 0 radical (unpaired) electrons. The Balaban J connectivity index is 1.42. The van der Waals surface area contributed by atoms with Crippen molar-refractivity contribution in [1.82, 2.24) is 24.6 Å². The second-order valence-electron chi connectivity index (χ2n) is 7.89. The summed E-state index contributed by atoms with van der Waals surface area (Å²) in [5, 5.41) is 5.22. The molecule has 0 N–H and O–H groups in total. The maximum Gasteiger partial charge on any atom is 0.254 e. The molecule has 1 aliphatic heterocycles. The zero-order chi connectivity index (χ0) is 22.2. The van der Waals surface area contributed by atoms with Crippen LogP contribution in [0.5, 0.6) is 0 Å². The molecule has 8 heteroatoms. The van der Waals surface area contributed by atoms with E-state index in [-0.39, 0.29) is 11.8 Å². The van der Waals surface area contributed by atoms with Gasteiger partial charge in [-0.2, -0.15) is 5.10 Å². The van der Waals surface area contributed by atoms with Gasteiger partial charge in [-0.05, 0) is 37.3 Å². The van der Waals surface area contributed by atoms with Crippen LogP contribution in [0.3, 0.4) is 0 Å². The molecular weight excluding hydrogens is 406 g/mol. The van der Waals surface area contributed by atoms with Gasteiger partial charge in [0.15, 0.2) is 11.4 Å². The van der Waals surface area contributed by atoms with Gasteiger partial charge in [-0.1, -0.05) is 18.2 Å². The zero-order valence-corrected chi connectivity index (χ0v) is 18.0. The maximum atomic E-state index is 13.6. The number of fused-ring (bicyclic) bond motifs is 1. The molecule has 1 fully saturated rings. The highest BCUT2D eigenvalue weighted by Crippen LogP contribution is 2.28. The molecule has 1 saturated heterocycles. The molecule has 0 aliphatic carbocycles. The molecule has 1 aliphatic rings. The minimum Gasteiger partial charge on any atom is -0.463 e. The Labute approximate surface area is 185 Å². The van der Waals surface area contributed by atoms with Gasteiger partial charge in [-0.25, -0.2) is 4.98 Å². The van der Waals surface area contributed by atoms with E-state index in [1.54, 1.807) is 32.9 Å². The summed E-state index contributed by atoms with van der Waals surface area (Å²) in [4.78, 5) is 34.6. The molecule has 2 amide bonds. The van der Waals surface area contributed by atoms with Crippen molar-refractivity contribution >= 4 is 22.8 Å². The lowest BCUT2D eigenvalue weighted by Gasteiger charge is -2.35. The van der Waals surface area contributed by atoms with Crippen LogP contribution in [0.2, 0.25) is 0 Å². The Morgan fingerprint density at radius 2 is 1.62 bits per heavy atom. The van der Waals surface area contributed by atoms with Crippen molar-refractivity contribution in [2.24, 2.45) is 7.05 Å². The molecule has 162 valence electrons. The normalized spacial score (nSPS) is 14.2. The van der Waals surface area contributed by atoms with Crippen LogP contribution in [0.25, 0.3) is 22.5 Å². The van der Waals surface area contributed by atoms with Gasteiger partial charge in [0.2, 0.25) is 0 Å². The predicted molar refractivity (Wildman–Crippen MR) is 119 cm³/mol. The highest BCUT2D eigenvalue weighted by molar-refractivity contribution is 6.07. The number of aryl methyl sites for hydroxylation is 2. The third-order valence-electron chi connectivity index (χ3n) is 5.85. The van der Waals surface area contributed by atoms with E-state index < -0.39 is 0 Å². The number of carbonyl (C=O) groups is 2. The van der Waals surface area contributed by atoms with Crippen molar-refractivity contribution in [3.05, 3.63) is 71.6 Å². The lowest BCUT2D eigenvalue weighted by molar-refractivity contribution is 0.0536. The molecule has 4 heterocycles. The molecule has 8 nitrogen and oxygen atoms in total. The van der Waals surface area contributed by atoms with Gasteiger partial charge >= 0.3 is 0 Å². The fourth-order valence-electron chi connectivity index (χ4n) is 4.21. The van der Waals surface area contributed by atoms with E-state index in [4.69, 9.17) is 4.42 Å². The maximum absolute atomic E-state index is 13.6. The van der Waals surface area contributed by atoms with E-state index in [1.165, 1.54) is 0 Å². The van der Waals surface area contributed by atoms with Crippen LogP contribution in [0.4, 0.5) is 0 Å². The van der Waals surface area contributed by atoms with E-state index in [9.17, 15) is 9.59 Å². The number of furan rings is 1. The first-order chi connectivity index (χ1) is 15.5. The first-order valence-corrected chi connectivity index (χ1v) is 10.5. The van der Waals surface area contributed by atoms with Crippen LogP contribution < -0.4 is 0 Å². The van der Waals surface area contributed by atoms with Crippen LogP contribution in [0, 0.1) is 6.92 Å². The molecule has 0 unspecified atom stereocenters. The molecule has 0 bridgehead atoms. The van der Waals surface area contributed by atoms with Crippen molar-refractivity contribution < 1.29 is 14.0 Å². The molecule has 5 rings (SSSR count). The first-order valence-electron chi connectivity index (χ1n) is 10.5. The molecular formula is C24H23N5O3. The lowest BCUT2D eigenvalue weighted by Crippen LogP contribution is -2.50. The first kappa shape index (κ1) is 20.0. The van der Waals surface area contributed by atoms with Gasteiger partial charge in [-0.3, -0.25) is 14.3 Å². The third-order valence-corrected chi connectivity index (χ3v) is 5.85. The van der Waals surface area contributed by atoms with Gasteiger partial charge in [-0.15, -0.1) is 0 Å². The molecule has 1 aromatic carbocycles. The Morgan fingerprint density at radius 3 is 2.28 bits per heavy atom. The van der Waals surface area contributed by atoms with E-state index in [0.29, 0.717) is 54.4 Å². The highest BCUT2D eigenvalue weighted by atomic mass is 16.3. The summed E-state index contributed by atoms with van der Waals surface area (Å²) in [6.45, 7) is 3.80. The van der Waals surface area contributed by atoms with Crippen molar-refractivity contribution in [1.29, 1.82) is 0 Å². The second kappa shape index (κ2) is 7.96. The predicted octanol–water partition coefficient (Wildman–Crippen LogP) is 3.13. The number of rotatable bonds is 3. The third kappa shape index (κ3) is 3.43. The van der Waals surface area contributed by atoms with Crippen molar-refractivity contribution in [3.63, 3.8) is 0 Å². The van der Waals surface area contributed by atoms with Gasteiger partial charge in [0, 0.05) is 38.8 Å². The Hall–Kier alpha value is -3.94. The standard InChI is InChI=1S/C24H23N5O3/c1-16-21-18(15-19(20-9-6-14-32-20)25-22(21)27(2)26-16)24(31)29-12-10-28(11-13-29)23(30)17-7-4-3-5-8-17/h3-9,14-15H,10-13H2,1-2H3. The molecule has 32 heavy (non-hydrogen) atoms. The summed E-state index contributed by atoms with van der Waals surface area (Å²) < 4.78 is 7.20. The molecule has 0 saturated carbocycles. The van der Waals surface area contributed by atoms with Crippen LogP contribution in [0.1, 0.15) is 26.4 Å². The van der Waals surface area contributed by atoms with Crippen molar-refractivity contribution in [2.75, 3.05) is 26.2 Å². The number of pyridine rings is 1. The van der Waals surface area contributed by atoms with Gasteiger partial charge in [0.25, 0.3) is 11.8 Å². The minimum atomic E-state index is -0.0897. The van der Waals surface area contributed by atoms with Crippen molar-refractivity contribution in [3.8, 4) is 11.5 Å². The average Bonchev–Trinajstić information content (AvgIpc) is 3.47. The SMILES string of the molecule is Cc1nn(C)c2nc(-c3ccco3)cc(C(=O)N3CCN(C(=O)c4ccccc4)CC3)c12. The summed E-state index contributed by atoms with van der Waals surface area (Å²) in [7, 11) is 1.82. The lowest BCUT2D eigenvalue weighted by atomic mass is 10.1. The van der Waals surface area contributed by atoms with Crippen molar-refractivity contribution in [2.45, 2.75) is 6.92 Å². The number of hydrogen-bond donors (Lipinski definition) is 0. The Bertz CT molecular complexity index is 1290. The monoisotopic (exact) mass is 429 g/mol. The number of piperazine rings is 1. The number of aromatic nitrogens is 3. The number of benzene rings is 1. The summed E-state index contributed by atoms with van der Waals surface area (Å²) in [6.07, 6.45) is 1.58. The second-order valence-corrected chi connectivity index (χ2v) is 7.89. The Morgan fingerprint density at radius 1 is 0.938 bits per heavy atom. The zero-order valence-electron chi connectivity index (χ0n) is 18.0. The smallest absolute Gasteiger partial charge is 0.254 e. The fourth-order valence-corrected chi connectivity index (χ4v) is 4.21. The molecule has 4 aromatic rings. The van der Waals surface area contributed by atoms with E-state index in [0.717, 1.165) is 11.1 Å². The number of amides is 2. The topological polar surface area (TPSA) is 84.5 Å². The van der Waals surface area contributed by atoms with E-state index in [1.807, 2.05) is 50.4 Å². The number of nitrogens with zero attached hydrogens (tertiary/aromatic N) is 5. The minimum absolute atomic E-state index is 0.00721. The summed E-state index contributed by atoms with van der Waals surface area (Å²) >= 11 is 0. The summed E-state index contributed by atoms with van der Waals surface area (Å²) in [5.41, 5.74) is 3.19. The fraction of sp³-hybridized carbons (Fsp3) is 0.250. The molecule has 0 spiro atoms. The largest absolute Gasteiger partial charge is 0.463 e. The Kier molecular flexibility index (Phi) is 4.97. The van der Waals surface area contributed by atoms with Gasteiger partial charge in [0.1, 0.15) is 5.69 Å². The summed E-state index contributed by atoms with van der Waals surface area (Å²) in [6, 6.07) is 14.6. The summed E-state index contributed by atoms with van der Waals surface area (Å²) in [5.74, 6) is 0.499. The van der Waals surface area contributed by atoms with Crippen LogP contribution >= 0.6 is 0 Å². The van der Waals surface area contributed by atoms with E-state index >= 15 is 0 Å². The van der Waals surface area contributed by atoms with Gasteiger partial charge < -0.3 is 14.2 Å². The van der Waals surface area contributed by atoms with E-state index in [2.05, 4.69) is 10.1 Å². The van der Waals surface area contributed by atoms with Crippen LogP contribution in [-0.2, 0) is 7.05 Å². The quantitative estimate of drug-likeness (QED) is 0.500. The average molecular weight is 429 g/mol. The molecule has 0 atom stereocenters. The number of carbonyl (C=O) groups excluding carboxylic acids is 2. The highest BCUT2D eigenvalue weighted by Gasteiger charge is 2.28. The van der Waals surface area contributed by atoms with Gasteiger partial charge in [0.05, 0.1) is 22.9 Å². The van der Waals surface area contributed by atoms with Crippen LogP contribution in [0.15, 0.2) is 59.2 Å². The number of hydrogen-bond acceptors (Lipinski definition) is 5. The van der Waals surface area contributed by atoms with Crippen LogP contribution in [-0.4, -0.2) is 62.6 Å².